The summed E-state index contributed by atoms with van der Waals surface area (Å²) >= 11 is 0. The fourth-order valence-corrected chi connectivity index (χ4v) is 1.77. The van der Waals surface area contributed by atoms with Crippen LogP contribution >= 0.6 is 0 Å². The number of benzene rings is 1. The minimum absolute atomic E-state index is 0.238. The summed E-state index contributed by atoms with van der Waals surface area (Å²) in [6, 6.07) is 9.57. The number of unbranched alkanes of at least 4 members (excludes halogenated alkanes) is 4. The van der Waals surface area contributed by atoms with Gasteiger partial charge in [0.25, 0.3) is 5.91 Å². The van der Waals surface area contributed by atoms with E-state index in [-0.39, 0.29) is 5.76 Å². The highest BCUT2D eigenvalue weighted by atomic mass is 16.5. The Kier molecular flexibility index (Phi) is 7.40. The van der Waals surface area contributed by atoms with E-state index < -0.39 is 5.91 Å². The van der Waals surface area contributed by atoms with Crippen LogP contribution < -0.4 is 5.73 Å². The molecule has 0 saturated heterocycles. The average molecular weight is 261 g/mol. The molecule has 19 heavy (non-hydrogen) atoms. The standard InChI is InChI=1S/C16H23NO2/c1-2-3-4-5-9-12-19-15(16(17)18)13-14-10-7-6-8-11-14/h6-8,10-11,13H,2-5,9,12H2,1H3,(H2,17,18). The molecular weight excluding hydrogens is 238 g/mol. The van der Waals surface area contributed by atoms with E-state index in [4.69, 9.17) is 10.5 Å². The lowest BCUT2D eigenvalue weighted by Gasteiger charge is -2.07. The van der Waals surface area contributed by atoms with Crippen LogP contribution in [0.2, 0.25) is 0 Å². The van der Waals surface area contributed by atoms with Gasteiger partial charge in [-0.1, -0.05) is 62.9 Å². The highest BCUT2D eigenvalue weighted by molar-refractivity contribution is 5.94. The number of primary amides is 1. The highest BCUT2D eigenvalue weighted by Gasteiger charge is 2.06. The molecule has 3 nitrogen and oxygen atoms in total. The second-order valence-electron chi connectivity index (χ2n) is 4.55. The number of hydrogen-bond donors (Lipinski definition) is 1. The Morgan fingerprint density at radius 1 is 1.16 bits per heavy atom. The molecular formula is C16H23NO2. The van der Waals surface area contributed by atoms with Crippen molar-refractivity contribution in [2.24, 2.45) is 5.73 Å². The molecule has 0 bridgehead atoms. The van der Waals surface area contributed by atoms with Gasteiger partial charge < -0.3 is 10.5 Å². The normalized spacial score (nSPS) is 11.3. The maximum Gasteiger partial charge on any atom is 0.283 e. The van der Waals surface area contributed by atoms with Crippen molar-refractivity contribution in [1.82, 2.24) is 0 Å². The van der Waals surface area contributed by atoms with E-state index in [1.54, 1.807) is 6.08 Å². The molecule has 1 aromatic rings. The van der Waals surface area contributed by atoms with Gasteiger partial charge in [0.2, 0.25) is 0 Å². The second kappa shape index (κ2) is 9.20. The molecule has 0 aliphatic heterocycles. The molecule has 1 amide bonds. The number of hydrogen-bond acceptors (Lipinski definition) is 2. The summed E-state index contributed by atoms with van der Waals surface area (Å²) in [4.78, 5) is 11.3. The molecule has 0 fully saturated rings. The zero-order valence-electron chi connectivity index (χ0n) is 11.6. The zero-order chi connectivity index (χ0) is 13.9. The first-order valence-corrected chi connectivity index (χ1v) is 6.93. The molecule has 1 aromatic carbocycles. The van der Waals surface area contributed by atoms with Gasteiger partial charge in [0.05, 0.1) is 6.61 Å². The molecule has 104 valence electrons. The van der Waals surface area contributed by atoms with Gasteiger partial charge in [-0.15, -0.1) is 0 Å². The Bertz CT molecular complexity index is 398. The van der Waals surface area contributed by atoms with Crippen LogP contribution in [0.15, 0.2) is 36.1 Å². The summed E-state index contributed by atoms with van der Waals surface area (Å²) in [6.07, 6.45) is 7.47. The van der Waals surface area contributed by atoms with Crippen molar-refractivity contribution in [3.8, 4) is 0 Å². The van der Waals surface area contributed by atoms with Crippen LogP contribution in [0.25, 0.3) is 6.08 Å². The number of carbonyl (C=O) groups is 1. The maximum absolute atomic E-state index is 11.3. The SMILES string of the molecule is CCCCCCCOC(=Cc1ccccc1)C(N)=O. The molecule has 2 N–H and O–H groups in total. The van der Waals surface area contributed by atoms with Gasteiger partial charge in [0.1, 0.15) is 0 Å². The van der Waals surface area contributed by atoms with E-state index in [9.17, 15) is 4.79 Å². The molecule has 0 unspecified atom stereocenters. The first-order chi connectivity index (χ1) is 9.24. The molecule has 1 rings (SSSR count). The maximum atomic E-state index is 11.3. The smallest absolute Gasteiger partial charge is 0.283 e. The molecule has 0 radical (unpaired) electrons. The zero-order valence-corrected chi connectivity index (χ0v) is 11.6. The molecule has 3 heteroatoms. The third-order valence-corrected chi connectivity index (χ3v) is 2.85. The summed E-state index contributed by atoms with van der Waals surface area (Å²) in [5.41, 5.74) is 6.23. The predicted octanol–water partition coefficient (Wildman–Crippen LogP) is 3.50. The highest BCUT2D eigenvalue weighted by Crippen LogP contribution is 2.09. The third-order valence-electron chi connectivity index (χ3n) is 2.85. The molecule has 0 atom stereocenters. The van der Waals surface area contributed by atoms with Crippen LogP contribution in [0.5, 0.6) is 0 Å². The Morgan fingerprint density at radius 2 is 1.84 bits per heavy atom. The van der Waals surface area contributed by atoms with Crippen molar-refractivity contribution in [2.45, 2.75) is 39.0 Å². The van der Waals surface area contributed by atoms with E-state index in [0.717, 1.165) is 18.4 Å². The van der Waals surface area contributed by atoms with Gasteiger partial charge in [-0.3, -0.25) is 4.79 Å². The van der Waals surface area contributed by atoms with Crippen LogP contribution in [0, 0.1) is 0 Å². The molecule has 0 heterocycles. The number of amides is 1. The molecule has 0 aliphatic rings. The number of nitrogens with two attached hydrogens (primary N) is 1. The van der Waals surface area contributed by atoms with Crippen molar-refractivity contribution < 1.29 is 9.53 Å². The first kappa shape index (κ1) is 15.3. The van der Waals surface area contributed by atoms with Gasteiger partial charge in [0.15, 0.2) is 5.76 Å². The fraction of sp³-hybridized carbons (Fsp3) is 0.438. The van der Waals surface area contributed by atoms with Crippen LogP contribution in [0.4, 0.5) is 0 Å². The van der Waals surface area contributed by atoms with Gasteiger partial charge in [-0.05, 0) is 18.1 Å². The minimum atomic E-state index is -0.516. The van der Waals surface area contributed by atoms with Gasteiger partial charge in [-0.2, -0.15) is 0 Å². The van der Waals surface area contributed by atoms with E-state index >= 15 is 0 Å². The lowest BCUT2D eigenvalue weighted by Crippen LogP contribution is -2.16. The second-order valence-corrected chi connectivity index (χ2v) is 4.55. The molecule has 0 spiro atoms. The van der Waals surface area contributed by atoms with Crippen molar-refractivity contribution >= 4 is 12.0 Å². The first-order valence-electron chi connectivity index (χ1n) is 6.93. The van der Waals surface area contributed by atoms with E-state index in [2.05, 4.69) is 6.92 Å². The lowest BCUT2D eigenvalue weighted by molar-refractivity contribution is -0.117. The van der Waals surface area contributed by atoms with E-state index in [0.29, 0.717) is 6.61 Å². The van der Waals surface area contributed by atoms with Crippen LogP contribution in [0.1, 0.15) is 44.6 Å². The van der Waals surface area contributed by atoms with Gasteiger partial charge >= 0.3 is 0 Å². The minimum Gasteiger partial charge on any atom is -0.488 e. The van der Waals surface area contributed by atoms with Crippen molar-refractivity contribution in [2.75, 3.05) is 6.61 Å². The van der Waals surface area contributed by atoms with Crippen LogP contribution in [-0.2, 0) is 9.53 Å². The van der Waals surface area contributed by atoms with Crippen LogP contribution in [-0.4, -0.2) is 12.5 Å². The lowest BCUT2D eigenvalue weighted by atomic mass is 10.2. The number of rotatable bonds is 9. The Labute approximate surface area is 115 Å². The molecule has 0 aromatic heterocycles. The Morgan fingerprint density at radius 3 is 2.47 bits per heavy atom. The fourth-order valence-electron chi connectivity index (χ4n) is 1.77. The largest absolute Gasteiger partial charge is 0.488 e. The molecule has 0 saturated carbocycles. The van der Waals surface area contributed by atoms with Crippen molar-refractivity contribution in [1.29, 1.82) is 0 Å². The molecule has 0 aliphatic carbocycles. The Hall–Kier alpha value is -1.77. The topological polar surface area (TPSA) is 52.3 Å². The van der Waals surface area contributed by atoms with E-state index in [1.807, 2.05) is 30.3 Å². The van der Waals surface area contributed by atoms with Gasteiger partial charge in [-0.25, -0.2) is 0 Å². The third kappa shape index (κ3) is 6.65. The summed E-state index contributed by atoms with van der Waals surface area (Å²) < 4.78 is 5.47. The summed E-state index contributed by atoms with van der Waals surface area (Å²) in [5.74, 6) is -0.279. The van der Waals surface area contributed by atoms with Crippen molar-refractivity contribution in [3.63, 3.8) is 0 Å². The number of carbonyl (C=O) groups excluding carboxylic acids is 1. The predicted molar refractivity (Wildman–Crippen MR) is 78.3 cm³/mol. The van der Waals surface area contributed by atoms with Crippen molar-refractivity contribution in [3.05, 3.63) is 41.7 Å². The summed E-state index contributed by atoms with van der Waals surface area (Å²) in [6.45, 7) is 2.73. The van der Waals surface area contributed by atoms with Gasteiger partial charge in [0, 0.05) is 0 Å². The van der Waals surface area contributed by atoms with Crippen LogP contribution in [0.3, 0.4) is 0 Å². The monoisotopic (exact) mass is 261 g/mol. The average Bonchev–Trinajstić information content (AvgIpc) is 2.42. The summed E-state index contributed by atoms with van der Waals surface area (Å²) in [7, 11) is 0. The quantitative estimate of drug-likeness (QED) is 0.420. The summed E-state index contributed by atoms with van der Waals surface area (Å²) in [5, 5.41) is 0. The number of ether oxygens (including phenoxy) is 1. The van der Waals surface area contributed by atoms with E-state index in [1.165, 1.54) is 19.3 Å². The Balaban J connectivity index is 2.41.